The minimum absolute atomic E-state index is 0.179. The Bertz CT molecular complexity index is 440. The summed E-state index contributed by atoms with van der Waals surface area (Å²) in [6.07, 6.45) is 0. The van der Waals surface area contributed by atoms with Crippen LogP contribution in [0, 0.1) is 11.6 Å². The van der Waals surface area contributed by atoms with Crippen LogP contribution < -0.4 is 10.6 Å². The molecule has 82 valence electrons. The lowest BCUT2D eigenvalue weighted by Gasteiger charge is -1.98. The summed E-state index contributed by atoms with van der Waals surface area (Å²) in [7, 11) is 0.117. The highest BCUT2D eigenvalue weighted by Crippen LogP contribution is 2.36. The zero-order valence-corrected chi connectivity index (χ0v) is 10.6. The van der Waals surface area contributed by atoms with Crippen molar-refractivity contribution in [3.05, 3.63) is 60.2 Å². The third kappa shape index (κ3) is 2.84. The highest BCUT2D eigenvalue weighted by atomic mass is 32.0. The van der Waals surface area contributed by atoms with Crippen molar-refractivity contribution in [2.24, 2.45) is 0 Å². The predicted molar refractivity (Wildman–Crippen MR) is 70.1 cm³/mol. The standard InChI is InChI=1S/C12H10F2P2/c13-9-5-1-3-7-11(9)15-16-12-8-4-2-6-10(12)14/h1-8,15-16H/p+1. The second kappa shape index (κ2) is 5.48. The van der Waals surface area contributed by atoms with Crippen molar-refractivity contribution >= 4 is 27.1 Å². The van der Waals surface area contributed by atoms with Gasteiger partial charge in [0.25, 0.3) is 0 Å². The van der Waals surface area contributed by atoms with E-state index in [0.29, 0.717) is 13.6 Å². The van der Waals surface area contributed by atoms with Gasteiger partial charge < -0.3 is 0 Å². The number of benzene rings is 2. The molecule has 0 saturated carbocycles. The van der Waals surface area contributed by atoms with E-state index < -0.39 is 0 Å². The molecule has 0 bridgehead atoms. The molecule has 4 heteroatoms. The third-order valence-corrected chi connectivity index (χ3v) is 6.10. The molecule has 0 N–H and O–H groups in total. The van der Waals surface area contributed by atoms with Crippen LogP contribution in [-0.2, 0) is 0 Å². The molecule has 2 rings (SSSR count). The molecule has 0 saturated heterocycles. The Hall–Kier alpha value is -0.840. The van der Waals surface area contributed by atoms with Crippen molar-refractivity contribution in [3.63, 3.8) is 0 Å². The van der Waals surface area contributed by atoms with Gasteiger partial charge in [0.2, 0.25) is 0 Å². The first-order valence-electron chi connectivity index (χ1n) is 4.86. The lowest BCUT2D eigenvalue weighted by Crippen LogP contribution is -2.02. The predicted octanol–water partition coefficient (Wildman–Crippen LogP) is 2.92. The second-order valence-electron chi connectivity index (χ2n) is 3.29. The van der Waals surface area contributed by atoms with Gasteiger partial charge in [-0.05, 0) is 24.3 Å². The molecule has 2 unspecified atom stereocenters. The molecular formula is C12H11F2P2+. The van der Waals surface area contributed by atoms with Crippen LogP contribution in [0.15, 0.2) is 48.5 Å². The van der Waals surface area contributed by atoms with Crippen LogP contribution in [0.1, 0.15) is 0 Å². The number of hydrogen-bond acceptors (Lipinski definition) is 0. The third-order valence-electron chi connectivity index (χ3n) is 2.16. The van der Waals surface area contributed by atoms with E-state index in [4.69, 9.17) is 0 Å². The summed E-state index contributed by atoms with van der Waals surface area (Å²) in [6.45, 7) is 0. The fourth-order valence-electron chi connectivity index (χ4n) is 1.33. The van der Waals surface area contributed by atoms with Gasteiger partial charge in [0.05, 0.1) is 8.27 Å². The average molecular weight is 255 g/mol. The summed E-state index contributed by atoms with van der Waals surface area (Å²) in [5.41, 5.74) is 0. The highest BCUT2D eigenvalue weighted by Gasteiger charge is 2.10. The zero-order chi connectivity index (χ0) is 11.4. The Morgan fingerprint density at radius 1 is 0.812 bits per heavy atom. The maximum atomic E-state index is 13.3. The van der Waals surface area contributed by atoms with Crippen LogP contribution in [0.4, 0.5) is 8.78 Å². The van der Waals surface area contributed by atoms with E-state index in [1.165, 1.54) is 12.1 Å². The van der Waals surface area contributed by atoms with Crippen molar-refractivity contribution in [2.45, 2.75) is 0 Å². The molecule has 0 fully saturated rings. The van der Waals surface area contributed by atoms with Gasteiger partial charge in [0.1, 0.15) is 11.1 Å². The first-order valence-corrected chi connectivity index (χ1v) is 8.25. The van der Waals surface area contributed by atoms with E-state index >= 15 is 0 Å². The minimum Gasteiger partial charge on any atom is -0.206 e. The van der Waals surface area contributed by atoms with Crippen LogP contribution in [0.5, 0.6) is 0 Å². The largest absolute Gasteiger partial charge is 0.206 e. The Labute approximate surface area is 96.5 Å². The van der Waals surface area contributed by atoms with Crippen LogP contribution in [0.3, 0.4) is 0 Å². The summed E-state index contributed by atoms with van der Waals surface area (Å²) in [5.74, 6) is -0.369. The molecule has 2 aromatic rings. The molecule has 0 amide bonds. The lowest BCUT2D eigenvalue weighted by atomic mass is 10.3. The second-order valence-corrected chi connectivity index (χ2v) is 6.76. The molecule has 2 atom stereocenters. The summed E-state index contributed by atoms with van der Waals surface area (Å²) in [5, 5.41) is 1.42. The topological polar surface area (TPSA) is 0 Å². The monoisotopic (exact) mass is 255 g/mol. The van der Waals surface area contributed by atoms with Gasteiger partial charge in [-0.1, -0.05) is 24.3 Å². The van der Waals surface area contributed by atoms with E-state index in [9.17, 15) is 8.78 Å². The Balaban J connectivity index is 2.09. The molecule has 0 aliphatic rings. The molecule has 0 nitrogen and oxygen atoms in total. The number of rotatable bonds is 3. The first kappa shape index (κ1) is 11.6. The molecule has 0 radical (unpaired) electrons. The van der Waals surface area contributed by atoms with E-state index in [1.807, 2.05) is 12.1 Å². The van der Waals surface area contributed by atoms with Crippen molar-refractivity contribution in [1.82, 2.24) is 0 Å². The zero-order valence-electron chi connectivity index (χ0n) is 8.45. The van der Waals surface area contributed by atoms with E-state index in [0.717, 1.165) is 5.30 Å². The van der Waals surface area contributed by atoms with Gasteiger partial charge in [-0.2, -0.15) is 0 Å². The van der Waals surface area contributed by atoms with Crippen molar-refractivity contribution in [3.8, 4) is 0 Å². The normalized spacial score (nSPS) is 11.9. The molecule has 0 spiro atoms. The van der Waals surface area contributed by atoms with Gasteiger partial charge in [0, 0.05) is 13.6 Å². The summed E-state index contributed by atoms with van der Waals surface area (Å²) >= 11 is 0. The molecule has 16 heavy (non-hydrogen) atoms. The number of hydrogen-bond donors (Lipinski definition) is 0. The Morgan fingerprint density at radius 3 is 2.12 bits per heavy atom. The summed E-state index contributed by atoms with van der Waals surface area (Å²) in [6, 6.07) is 13.4. The van der Waals surface area contributed by atoms with Crippen molar-refractivity contribution in [2.75, 3.05) is 0 Å². The summed E-state index contributed by atoms with van der Waals surface area (Å²) in [4.78, 5) is 0. The Morgan fingerprint density at radius 2 is 1.44 bits per heavy atom. The molecule has 0 heterocycles. The van der Waals surface area contributed by atoms with Gasteiger partial charge in [-0.3, -0.25) is 0 Å². The maximum absolute atomic E-state index is 13.3. The van der Waals surface area contributed by atoms with Gasteiger partial charge in [-0.25, -0.2) is 8.78 Å². The van der Waals surface area contributed by atoms with E-state index in [-0.39, 0.29) is 19.9 Å². The van der Waals surface area contributed by atoms with Gasteiger partial charge in [0.15, 0.2) is 5.82 Å². The quantitative estimate of drug-likeness (QED) is 0.740. The van der Waals surface area contributed by atoms with Crippen LogP contribution >= 0.6 is 16.5 Å². The molecule has 0 aromatic heterocycles. The molecule has 2 aromatic carbocycles. The lowest BCUT2D eigenvalue weighted by molar-refractivity contribution is 0.636. The fourth-order valence-corrected chi connectivity index (χ4v) is 4.83. The molecule has 0 aliphatic carbocycles. The first-order chi connectivity index (χ1) is 7.77. The summed E-state index contributed by atoms with van der Waals surface area (Å²) < 4.78 is 26.6. The Kier molecular flexibility index (Phi) is 3.98. The minimum atomic E-state index is -0.229. The smallest absolute Gasteiger partial charge is 0.164 e. The van der Waals surface area contributed by atoms with Crippen LogP contribution in [0.2, 0.25) is 0 Å². The van der Waals surface area contributed by atoms with Gasteiger partial charge in [-0.15, -0.1) is 0 Å². The highest BCUT2D eigenvalue weighted by molar-refractivity contribution is 8.18. The average Bonchev–Trinajstić information content (AvgIpc) is 2.30. The van der Waals surface area contributed by atoms with E-state index in [1.54, 1.807) is 24.3 Å². The maximum Gasteiger partial charge on any atom is 0.164 e. The van der Waals surface area contributed by atoms with Crippen molar-refractivity contribution in [1.29, 1.82) is 0 Å². The molecular weight excluding hydrogens is 244 g/mol. The van der Waals surface area contributed by atoms with Crippen LogP contribution in [-0.4, -0.2) is 0 Å². The van der Waals surface area contributed by atoms with Crippen molar-refractivity contribution < 1.29 is 8.78 Å². The molecule has 0 aliphatic heterocycles. The SMILES string of the molecule is Fc1ccccc1P[PH2+]c1ccccc1F. The number of halogens is 2. The van der Waals surface area contributed by atoms with Crippen LogP contribution in [0.25, 0.3) is 0 Å². The van der Waals surface area contributed by atoms with Gasteiger partial charge >= 0.3 is 0 Å². The van der Waals surface area contributed by atoms with E-state index in [2.05, 4.69) is 0 Å². The fraction of sp³-hybridized carbons (Fsp3) is 0.